The summed E-state index contributed by atoms with van der Waals surface area (Å²) in [7, 11) is 0. The molecular weight excluding hydrogens is 606 g/mol. The smallest absolute Gasteiger partial charge is 0.314 e. The molecular formula is C39H63N3O6. The van der Waals surface area contributed by atoms with Gasteiger partial charge in [0.25, 0.3) is 0 Å². The lowest BCUT2D eigenvalue weighted by atomic mass is 9.32. The van der Waals surface area contributed by atoms with Crippen molar-refractivity contribution in [2.24, 2.45) is 61.9 Å². The number of nitrogens with zero attached hydrogens (tertiary/aromatic N) is 2. The highest BCUT2D eigenvalue weighted by Gasteiger charge is 2.70. The number of piperazine rings is 1. The van der Waals surface area contributed by atoms with Crippen molar-refractivity contribution in [1.82, 2.24) is 9.80 Å². The summed E-state index contributed by atoms with van der Waals surface area (Å²) in [6, 6.07) is -0.396. The van der Waals surface area contributed by atoms with Gasteiger partial charge in [-0.2, -0.15) is 0 Å². The van der Waals surface area contributed by atoms with E-state index in [0.29, 0.717) is 56.3 Å². The zero-order valence-electron chi connectivity index (χ0n) is 30.9. The number of esters is 1. The van der Waals surface area contributed by atoms with Crippen molar-refractivity contribution in [2.45, 2.75) is 138 Å². The van der Waals surface area contributed by atoms with E-state index in [2.05, 4.69) is 34.6 Å². The first-order chi connectivity index (χ1) is 22.3. The molecule has 3 amide bonds. The zero-order chi connectivity index (χ0) is 35.1. The van der Waals surface area contributed by atoms with Crippen molar-refractivity contribution in [3.05, 3.63) is 0 Å². The van der Waals surface area contributed by atoms with Crippen molar-refractivity contribution in [3.63, 3.8) is 0 Å². The van der Waals surface area contributed by atoms with Gasteiger partial charge in [-0.25, -0.2) is 4.79 Å². The van der Waals surface area contributed by atoms with Crippen LogP contribution in [0.15, 0.2) is 0 Å². The van der Waals surface area contributed by atoms with Crippen molar-refractivity contribution >= 4 is 23.9 Å². The second kappa shape index (κ2) is 11.9. The molecule has 1 saturated heterocycles. The summed E-state index contributed by atoms with van der Waals surface area (Å²) in [4.78, 5) is 53.8. The standard InChI is InChI=1S/C39H63N3O6/c1-34(2,32(45)46)24-31(44)48-29-13-15-36(5)27(35(29,3)4)12-16-38(7)28(36)11-10-25-26-9-8-14-39(26,18-17-37(25,38)6)23-30(43)41-19-21-42(22-20-41)33(40)47/h25-29H,8-24H2,1-7H3,(H2,40,47)(H,45,46)/t25-,26-,27?,28?,29+,36+,37-,38-,39-/m1/s1. The molecule has 0 aromatic heterocycles. The number of hydrogen-bond donors (Lipinski definition) is 2. The molecule has 0 spiro atoms. The number of amides is 3. The minimum atomic E-state index is -1.14. The molecule has 5 aliphatic carbocycles. The van der Waals surface area contributed by atoms with E-state index in [1.807, 2.05) is 4.90 Å². The van der Waals surface area contributed by atoms with Gasteiger partial charge in [-0.1, -0.05) is 41.0 Å². The Morgan fingerprint density at radius 1 is 0.771 bits per heavy atom. The molecule has 270 valence electrons. The summed E-state index contributed by atoms with van der Waals surface area (Å²) in [6.45, 7) is 17.8. The van der Waals surface area contributed by atoms with E-state index < -0.39 is 23.4 Å². The molecule has 5 saturated carbocycles. The van der Waals surface area contributed by atoms with E-state index in [-0.39, 0.29) is 45.5 Å². The Bertz CT molecular complexity index is 1320. The SMILES string of the molecule is CC(C)(CC(=O)O[C@H]1CC[C@@]2(C)C(CC[C@]3(C)C2CC[C@@H]2[C@H]4CCC[C@]4(CC(=O)N4CCN(C(N)=O)CC4)CC[C@]23C)C1(C)C)C(=O)O. The summed E-state index contributed by atoms with van der Waals surface area (Å²) in [5.41, 5.74) is 4.87. The number of carbonyl (C=O) groups excluding carboxylic acids is 3. The third kappa shape index (κ3) is 5.37. The fourth-order valence-electron chi connectivity index (χ4n) is 13.4. The molecule has 0 aromatic rings. The van der Waals surface area contributed by atoms with Crippen LogP contribution < -0.4 is 5.73 Å². The fourth-order valence-corrected chi connectivity index (χ4v) is 13.4. The lowest BCUT2D eigenvalue weighted by Gasteiger charge is -2.72. The number of nitrogens with two attached hydrogens (primary N) is 1. The number of aliphatic carboxylic acids is 1. The molecule has 1 aliphatic heterocycles. The van der Waals surface area contributed by atoms with E-state index in [1.54, 1.807) is 18.7 Å². The molecule has 0 aromatic carbocycles. The van der Waals surface area contributed by atoms with E-state index in [0.717, 1.165) is 32.1 Å². The highest BCUT2D eigenvalue weighted by atomic mass is 16.5. The molecule has 0 bridgehead atoms. The predicted octanol–water partition coefficient (Wildman–Crippen LogP) is 6.87. The number of fused-ring (bicyclic) bond motifs is 7. The van der Waals surface area contributed by atoms with Gasteiger partial charge in [0.05, 0.1) is 11.8 Å². The van der Waals surface area contributed by atoms with Crippen LogP contribution in [-0.2, 0) is 19.1 Å². The van der Waals surface area contributed by atoms with Crippen LogP contribution in [0.3, 0.4) is 0 Å². The minimum absolute atomic E-state index is 0.103. The summed E-state index contributed by atoms with van der Waals surface area (Å²) in [5.74, 6) is 1.16. The molecule has 2 unspecified atom stereocenters. The molecule has 9 heteroatoms. The molecule has 48 heavy (non-hydrogen) atoms. The molecule has 6 rings (SSSR count). The second-order valence-corrected chi connectivity index (χ2v) is 19.1. The Morgan fingerprint density at radius 3 is 2.08 bits per heavy atom. The average molecular weight is 670 g/mol. The number of rotatable bonds is 6. The molecule has 6 fully saturated rings. The Kier molecular flexibility index (Phi) is 8.79. The molecule has 9 atom stereocenters. The van der Waals surface area contributed by atoms with E-state index in [9.17, 15) is 24.3 Å². The summed E-state index contributed by atoms with van der Waals surface area (Å²) < 4.78 is 6.15. The third-order valence-electron chi connectivity index (χ3n) is 16.4. The van der Waals surface area contributed by atoms with Crippen LogP contribution in [0.1, 0.15) is 132 Å². The lowest BCUT2D eigenvalue weighted by molar-refractivity contribution is -0.248. The topological polar surface area (TPSA) is 130 Å². The van der Waals surface area contributed by atoms with Gasteiger partial charge in [0.2, 0.25) is 5.91 Å². The molecule has 9 nitrogen and oxygen atoms in total. The number of carbonyl (C=O) groups is 4. The van der Waals surface area contributed by atoms with Gasteiger partial charge in [-0.3, -0.25) is 14.4 Å². The molecule has 6 aliphatic rings. The van der Waals surface area contributed by atoms with Crippen molar-refractivity contribution < 1.29 is 29.0 Å². The van der Waals surface area contributed by atoms with Crippen LogP contribution in [0, 0.1) is 56.2 Å². The van der Waals surface area contributed by atoms with Crippen molar-refractivity contribution in [2.75, 3.05) is 26.2 Å². The number of hydrogen-bond acceptors (Lipinski definition) is 5. The number of carboxylic acids is 1. The average Bonchev–Trinajstić information content (AvgIpc) is 3.42. The first-order valence-electron chi connectivity index (χ1n) is 19.1. The number of ether oxygens (including phenoxy) is 1. The van der Waals surface area contributed by atoms with Crippen LogP contribution in [0.25, 0.3) is 0 Å². The number of carboxylic acid groups (broad SMARTS) is 1. The largest absolute Gasteiger partial charge is 0.481 e. The van der Waals surface area contributed by atoms with Gasteiger partial charge in [0.1, 0.15) is 6.10 Å². The molecule has 0 radical (unpaired) electrons. The fraction of sp³-hybridized carbons (Fsp3) is 0.897. The summed E-state index contributed by atoms with van der Waals surface area (Å²) >= 11 is 0. The van der Waals surface area contributed by atoms with Crippen LogP contribution in [0.5, 0.6) is 0 Å². The zero-order valence-corrected chi connectivity index (χ0v) is 30.9. The predicted molar refractivity (Wildman–Crippen MR) is 184 cm³/mol. The highest BCUT2D eigenvalue weighted by Crippen LogP contribution is 2.77. The van der Waals surface area contributed by atoms with Crippen LogP contribution in [0.2, 0.25) is 0 Å². The van der Waals surface area contributed by atoms with Crippen LogP contribution in [-0.4, -0.2) is 71.1 Å². The Balaban J connectivity index is 1.17. The quantitative estimate of drug-likeness (QED) is 0.297. The van der Waals surface area contributed by atoms with E-state index in [1.165, 1.54) is 38.5 Å². The second-order valence-electron chi connectivity index (χ2n) is 19.1. The maximum absolute atomic E-state index is 13.8. The Labute approximate surface area is 288 Å². The summed E-state index contributed by atoms with van der Waals surface area (Å²) in [5, 5.41) is 9.57. The van der Waals surface area contributed by atoms with E-state index in [4.69, 9.17) is 10.5 Å². The first kappa shape index (κ1) is 35.5. The number of primary amides is 1. The van der Waals surface area contributed by atoms with Gasteiger partial charge in [0.15, 0.2) is 0 Å². The molecule has 3 N–H and O–H groups in total. The Morgan fingerprint density at radius 2 is 1.44 bits per heavy atom. The minimum Gasteiger partial charge on any atom is -0.481 e. The van der Waals surface area contributed by atoms with Crippen LogP contribution in [0.4, 0.5) is 4.79 Å². The highest BCUT2D eigenvalue weighted by molar-refractivity contribution is 5.81. The molecule has 1 heterocycles. The van der Waals surface area contributed by atoms with Crippen LogP contribution >= 0.6 is 0 Å². The van der Waals surface area contributed by atoms with Gasteiger partial charge < -0.3 is 25.4 Å². The monoisotopic (exact) mass is 669 g/mol. The number of urea groups is 1. The maximum Gasteiger partial charge on any atom is 0.314 e. The third-order valence-corrected chi connectivity index (χ3v) is 16.4. The summed E-state index contributed by atoms with van der Waals surface area (Å²) in [6.07, 6.45) is 12.9. The van der Waals surface area contributed by atoms with Gasteiger partial charge in [0, 0.05) is 38.0 Å². The normalized spacial score (nSPS) is 42.1. The van der Waals surface area contributed by atoms with Gasteiger partial charge in [-0.15, -0.1) is 0 Å². The maximum atomic E-state index is 13.8. The van der Waals surface area contributed by atoms with Gasteiger partial charge >= 0.3 is 18.0 Å². The van der Waals surface area contributed by atoms with Gasteiger partial charge in [-0.05, 0) is 123 Å². The Hall–Kier alpha value is -2.32. The lowest BCUT2D eigenvalue weighted by Crippen LogP contribution is -2.66. The first-order valence-corrected chi connectivity index (χ1v) is 19.1. The van der Waals surface area contributed by atoms with E-state index >= 15 is 0 Å². The van der Waals surface area contributed by atoms with Crippen molar-refractivity contribution in [3.8, 4) is 0 Å². The van der Waals surface area contributed by atoms with Crippen molar-refractivity contribution in [1.29, 1.82) is 0 Å².